The third kappa shape index (κ3) is 5.53. The van der Waals surface area contributed by atoms with Crippen LogP contribution in [0.5, 0.6) is 0 Å². The number of carbonyl (C=O) groups is 1. The van der Waals surface area contributed by atoms with E-state index in [0.717, 1.165) is 17.9 Å². The van der Waals surface area contributed by atoms with Crippen LogP contribution in [-0.2, 0) is 11.2 Å². The van der Waals surface area contributed by atoms with E-state index in [1.807, 2.05) is 45.0 Å². The van der Waals surface area contributed by atoms with E-state index in [0.29, 0.717) is 25.3 Å². The minimum absolute atomic E-state index is 0.0184. The standard InChI is InChI=1S/C18H25N3O2/c1-4-19-14(3)11-20-17(22)9-10-18-21-12-16(23-18)15-7-5-13(2)6-8-15/h5-8,12,14,19H,4,9-11H2,1-3H3,(H,20,22)/t14-/m1/s1. The lowest BCUT2D eigenvalue weighted by molar-refractivity contribution is -0.121. The molecule has 0 saturated carbocycles. The molecule has 0 unspecified atom stereocenters. The molecule has 5 heteroatoms. The summed E-state index contributed by atoms with van der Waals surface area (Å²) in [6.07, 6.45) is 2.60. The molecular formula is C18H25N3O2. The van der Waals surface area contributed by atoms with Gasteiger partial charge in [-0.2, -0.15) is 0 Å². The molecule has 0 spiro atoms. The molecule has 124 valence electrons. The third-order valence-corrected chi connectivity index (χ3v) is 3.61. The van der Waals surface area contributed by atoms with Gasteiger partial charge in [0.15, 0.2) is 11.7 Å². The molecule has 0 aliphatic carbocycles. The van der Waals surface area contributed by atoms with Crippen molar-refractivity contribution in [3.05, 3.63) is 41.9 Å². The first-order valence-electron chi connectivity index (χ1n) is 8.10. The number of hydrogen-bond acceptors (Lipinski definition) is 4. The van der Waals surface area contributed by atoms with Crippen molar-refractivity contribution in [2.45, 2.75) is 39.7 Å². The lowest BCUT2D eigenvalue weighted by atomic mass is 10.1. The predicted molar refractivity (Wildman–Crippen MR) is 91.1 cm³/mol. The van der Waals surface area contributed by atoms with Crippen molar-refractivity contribution in [2.24, 2.45) is 0 Å². The van der Waals surface area contributed by atoms with Crippen molar-refractivity contribution in [3.8, 4) is 11.3 Å². The van der Waals surface area contributed by atoms with Crippen molar-refractivity contribution in [1.82, 2.24) is 15.6 Å². The molecule has 0 fully saturated rings. The fourth-order valence-electron chi connectivity index (χ4n) is 2.27. The van der Waals surface area contributed by atoms with Gasteiger partial charge >= 0.3 is 0 Å². The quantitative estimate of drug-likeness (QED) is 0.786. The first-order chi connectivity index (χ1) is 11.1. The highest BCUT2D eigenvalue weighted by atomic mass is 16.4. The van der Waals surface area contributed by atoms with Crippen LogP contribution in [0, 0.1) is 6.92 Å². The lowest BCUT2D eigenvalue weighted by Gasteiger charge is -2.12. The fourth-order valence-corrected chi connectivity index (χ4v) is 2.27. The maximum absolute atomic E-state index is 11.8. The van der Waals surface area contributed by atoms with Gasteiger partial charge in [-0.3, -0.25) is 4.79 Å². The number of benzene rings is 1. The van der Waals surface area contributed by atoms with Crippen LogP contribution >= 0.6 is 0 Å². The highest BCUT2D eigenvalue weighted by molar-refractivity contribution is 5.76. The van der Waals surface area contributed by atoms with Crippen molar-refractivity contribution >= 4 is 5.91 Å². The maximum Gasteiger partial charge on any atom is 0.220 e. The Hall–Kier alpha value is -2.14. The van der Waals surface area contributed by atoms with E-state index in [2.05, 4.69) is 15.6 Å². The fraction of sp³-hybridized carbons (Fsp3) is 0.444. The number of aryl methyl sites for hydroxylation is 2. The molecule has 2 aromatic rings. The first-order valence-corrected chi connectivity index (χ1v) is 8.10. The molecule has 2 rings (SSSR count). The van der Waals surface area contributed by atoms with Crippen LogP contribution in [0.2, 0.25) is 0 Å². The Morgan fingerprint density at radius 1 is 1.30 bits per heavy atom. The maximum atomic E-state index is 11.8. The van der Waals surface area contributed by atoms with Crippen LogP contribution < -0.4 is 10.6 Å². The third-order valence-electron chi connectivity index (χ3n) is 3.61. The summed E-state index contributed by atoms with van der Waals surface area (Å²) in [5.74, 6) is 1.35. The zero-order chi connectivity index (χ0) is 16.7. The van der Waals surface area contributed by atoms with Gasteiger partial charge in [0.1, 0.15) is 0 Å². The second kappa shape index (κ2) is 8.48. The average molecular weight is 315 g/mol. The van der Waals surface area contributed by atoms with Crippen molar-refractivity contribution < 1.29 is 9.21 Å². The summed E-state index contributed by atoms with van der Waals surface area (Å²) in [6.45, 7) is 7.67. The number of likely N-dealkylation sites (N-methyl/N-ethyl adjacent to an activating group) is 1. The van der Waals surface area contributed by atoms with Crippen molar-refractivity contribution in [2.75, 3.05) is 13.1 Å². The van der Waals surface area contributed by atoms with E-state index >= 15 is 0 Å². The van der Waals surface area contributed by atoms with Gasteiger partial charge < -0.3 is 15.1 Å². The molecule has 23 heavy (non-hydrogen) atoms. The molecule has 0 aliphatic rings. The van der Waals surface area contributed by atoms with Gasteiger partial charge in [0.2, 0.25) is 5.91 Å². The van der Waals surface area contributed by atoms with E-state index in [1.54, 1.807) is 6.20 Å². The van der Waals surface area contributed by atoms with Gasteiger partial charge in [-0.25, -0.2) is 4.98 Å². The second-order valence-corrected chi connectivity index (χ2v) is 5.75. The summed E-state index contributed by atoms with van der Waals surface area (Å²) < 4.78 is 5.72. The van der Waals surface area contributed by atoms with Crippen LogP contribution in [0.4, 0.5) is 0 Å². The Balaban J connectivity index is 1.80. The van der Waals surface area contributed by atoms with E-state index in [1.165, 1.54) is 5.56 Å². The summed E-state index contributed by atoms with van der Waals surface area (Å²) in [6, 6.07) is 8.37. The summed E-state index contributed by atoms with van der Waals surface area (Å²) in [5.41, 5.74) is 2.20. The number of oxazole rings is 1. The van der Waals surface area contributed by atoms with Crippen LogP contribution in [0.3, 0.4) is 0 Å². The molecular weight excluding hydrogens is 290 g/mol. The molecule has 1 heterocycles. The predicted octanol–water partition coefficient (Wildman–Crippen LogP) is 2.70. The summed E-state index contributed by atoms with van der Waals surface area (Å²) in [4.78, 5) is 16.1. The van der Waals surface area contributed by atoms with Gasteiger partial charge in [-0.15, -0.1) is 0 Å². The number of hydrogen-bond donors (Lipinski definition) is 2. The van der Waals surface area contributed by atoms with Gasteiger partial charge in [0.25, 0.3) is 0 Å². The van der Waals surface area contributed by atoms with Gasteiger partial charge in [-0.05, 0) is 20.4 Å². The van der Waals surface area contributed by atoms with Crippen molar-refractivity contribution in [1.29, 1.82) is 0 Å². The highest BCUT2D eigenvalue weighted by Crippen LogP contribution is 2.21. The number of rotatable bonds is 8. The van der Waals surface area contributed by atoms with Crippen LogP contribution in [0.25, 0.3) is 11.3 Å². The molecule has 0 bridgehead atoms. The minimum Gasteiger partial charge on any atom is -0.441 e. The molecule has 1 atom stereocenters. The Kier molecular flexibility index (Phi) is 6.35. The second-order valence-electron chi connectivity index (χ2n) is 5.75. The molecule has 1 aromatic heterocycles. The largest absolute Gasteiger partial charge is 0.441 e. The smallest absolute Gasteiger partial charge is 0.220 e. The topological polar surface area (TPSA) is 67.2 Å². The van der Waals surface area contributed by atoms with E-state index < -0.39 is 0 Å². The number of nitrogens with one attached hydrogen (secondary N) is 2. The van der Waals surface area contributed by atoms with Crippen LogP contribution in [0.1, 0.15) is 31.7 Å². The minimum atomic E-state index is 0.0184. The van der Waals surface area contributed by atoms with Gasteiger partial charge in [0, 0.05) is 31.0 Å². The summed E-state index contributed by atoms with van der Waals surface area (Å²) in [5, 5.41) is 6.17. The molecule has 2 N–H and O–H groups in total. The lowest BCUT2D eigenvalue weighted by Crippen LogP contribution is -2.38. The van der Waals surface area contributed by atoms with Gasteiger partial charge in [-0.1, -0.05) is 36.8 Å². The number of carbonyl (C=O) groups excluding carboxylic acids is 1. The summed E-state index contributed by atoms with van der Waals surface area (Å²) >= 11 is 0. The molecule has 0 saturated heterocycles. The highest BCUT2D eigenvalue weighted by Gasteiger charge is 2.09. The number of amides is 1. The van der Waals surface area contributed by atoms with Crippen molar-refractivity contribution in [3.63, 3.8) is 0 Å². The monoisotopic (exact) mass is 315 g/mol. The zero-order valence-corrected chi connectivity index (χ0v) is 14.1. The van der Waals surface area contributed by atoms with E-state index in [-0.39, 0.29) is 11.9 Å². The number of nitrogens with zero attached hydrogens (tertiary/aromatic N) is 1. The Morgan fingerprint density at radius 3 is 2.74 bits per heavy atom. The molecule has 0 radical (unpaired) electrons. The average Bonchev–Trinajstić information content (AvgIpc) is 3.01. The molecule has 1 amide bonds. The van der Waals surface area contributed by atoms with E-state index in [9.17, 15) is 4.79 Å². The summed E-state index contributed by atoms with van der Waals surface area (Å²) in [7, 11) is 0. The normalized spacial score (nSPS) is 12.1. The van der Waals surface area contributed by atoms with E-state index in [4.69, 9.17) is 4.42 Å². The van der Waals surface area contributed by atoms with Crippen LogP contribution in [0.15, 0.2) is 34.9 Å². The first kappa shape index (κ1) is 17.2. The number of aromatic nitrogens is 1. The molecule has 0 aliphatic heterocycles. The Morgan fingerprint density at radius 2 is 2.04 bits per heavy atom. The van der Waals surface area contributed by atoms with Crippen LogP contribution in [-0.4, -0.2) is 30.0 Å². The Bertz CT molecular complexity index is 619. The molecule has 5 nitrogen and oxygen atoms in total. The zero-order valence-electron chi connectivity index (χ0n) is 14.1. The molecule has 1 aromatic carbocycles. The SMILES string of the molecule is CCN[C@H](C)CNC(=O)CCc1ncc(-c2ccc(C)cc2)o1. The Labute approximate surface area is 137 Å². The van der Waals surface area contributed by atoms with Gasteiger partial charge in [0.05, 0.1) is 6.20 Å².